The van der Waals surface area contributed by atoms with E-state index in [9.17, 15) is 14.5 Å². The molecule has 2 aromatic carbocycles. The van der Waals surface area contributed by atoms with Crippen LogP contribution in [-0.4, -0.2) is 12.0 Å². The normalized spacial score (nSPS) is 10.2. The third-order valence-electron chi connectivity index (χ3n) is 2.77. The van der Waals surface area contributed by atoms with Gasteiger partial charge >= 0.3 is 5.69 Å². The summed E-state index contributed by atoms with van der Waals surface area (Å²) in [6, 6.07) is 8.31. The van der Waals surface area contributed by atoms with Gasteiger partial charge in [0.15, 0.2) is 11.6 Å². The minimum Gasteiger partial charge on any atom is -0.496 e. The summed E-state index contributed by atoms with van der Waals surface area (Å²) in [4.78, 5) is 10.4. The van der Waals surface area contributed by atoms with Crippen molar-refractivity contribution in [2.24, 2.45) is 0 Å². The molecule has 2 rings (SSSR count). The summed E-state index contributed by atoms with van der Waals surface area (Å²) in [7, 11) is 1.39. The van der Waals surface area contributed by atoms with Crippen molar-refractivity contribution in [1.29, 1.82) is 0 Å². The molecular weight excluding hydrogens is 301 g/mol. The van der Waals surface area contributed by atoms with Crippen LogP contribution in [-0.2, 0) is 5.88 Å². The van der Waals surface area contributed by atoms with Crippen molar-refractivity contribution in [1.82, 2.24) is 0 Å². The van der Waals surface area contributed by atoms with Crippen LogP contribution in [0.5, 0.6) is 17.2 Å². The molecule has 0 bridgehead atoms. The van der Waals surface area contributed by atoms with Crippen LogP contribution in [0.15, 0.2) is 36.4 Å². The molecule has 0 amide bonds. The number of hydrogen-bond acceptors (Lipinski definition) is 4. The molecule has 0 unspecified atom stereocenters. The number of ether oxygens (including phenoxy) is 2. The molecule has 0 fully saturated rings. The van der Waals surface area contributed by atoms with Gasteiger partial charge in [0, 0.05) is 5.56 Å². The first-order valence-electron chi connectivity index (χ1n) is 5.90. The fourth-order valence-electron chi connectivity index (χ4n) is 1.74. The van der Waals surface area contributed by atoms with Crippen LogP contribution < -0.4 is 9.47 Å². The second-order valence-electron chi connectivity index (χ2n) is 4.05. The lowest BCUT2D eigenvalue weighted by Gasteiger charge is -2.11. The first-order chi connectivity index (χ1) is 10.1. The topological polar surface area (TPSA) is 61.6 Å². The van der Waals surface area contributed by atoms with Crippen LogP contribution in [0.4, 0.5) is 10.1 Å². The summed E-state index contributed by atoms with van der Waals surface area (Å²) in [5, 5.41) is 11.1. The SMILES string of the molecule is COc1ccc(Oc2c(F)cccc2CCl)c([N+](=O)[O-])c1. The molecule has 0 aliphatic carbocycles. The lowest BCUT2D eigenvalue weighted by molar-refractivity contribution is -0.385. The van der Waals surface area contributed by atoms with E-state index in [0.29, 0.717) is 11.3 Å². The van der Waals surface area contributed by atoms with Crippen LogP contribution in [0.1, 0.15) is 5.56 Å². The number of methoxy groups -OCH3 is 1. The molecule has 5 nitrogen and oxygen atoms in total. The van der Waals surface area contributed by atoms with E-state index in [4.69, 9.17) is 21.1 Å². The van der Waals surface area contributed by atoms with Crippen LogP contribution in [0.2, 0.25) is 0 Å². The summed E-state index contributed by atoms with van der Waals surface area (Å²) in [6.07, 6.45) is 0. The molecule has 0 radical (unpaired) electrons. The number of halogens is 2. The van der Waals surface area contributed by atoms with Crippen molar-refractivity contribution in [2.75, 3.05) is 7.11 Å². The molecule has 0 N–H and O–H groups in total. The van der Waals surface area contributed by atoms with Gasteiger partial charge in [-0.25, -0.2) is 4.39 Å². The zero-order valence-corrected chi connectivity index (χ0v) is 11.8. The summed E-state index contributed by atoms with van der Waals surface area (Å²) in [5.74, 6) is -0.520. The van der Waals surface area contributed by atoms with Gasteiger partial charge in [0.25, 0.3) is 0 Å². The van der Waals surface area contributed by atoms with Crippen LogP contribution in [0.3, 0.4) is 0 Å². The van der Waals surface area contributed by atoms with Crippen molar-refractivity contribution in [3.8, 4) is 17.2 Å². The molecule has 110 valence electrons. The van der Waals surface area contributed by atoms with E-state index in [-0.39, 0.29) is 23.1 Å². The van der Waals surface area contributed by atoms with Gasteiger partial charge in [-0.1, -0.05) is 12.1 Å². The molecule has 0 atom stereocenters. The van der Waals surface area contributed by atoms with Gasteiger partial charge < -0.3 is 9.47 Å². The highest BCUT2D eigenvalue weighted by Gasteiger charge is 2.20. The Balaban J connectivity index is 2.47. The van der Waals surface area contributed by atoms with Crippen molar-refractivity contribution in [2.45, 2.75) is 5.88 Å². The molecule has 0 saturated heterocycles. The first-order valence-corrected chi connectivity index (χ1v) is 6.44. The third kappa shape index (κ3) is 3.22. The van der Waals surface area contributed by atoms with Gasteiger partial charge in [0.05, 0.1) is 24.0 Å². The molecule has 0 saturated carbocycles. The largest absolute Gasteiger partial charge is 0.496 e. The first kappa shape index (κ1) is 15.1. The average Bonchev–Trinajstić information content (AvgIpc) is 2.49. The Kier molecular flexibility index (Phi) is 4.59. The lowest BCUT2D eigenvalue weighted by Crippen LogP contribution is -1.98. The van der Waals surface area contributed by atoms with Crippen LogP contribution in [0.25, 0.3) is 0 Å². The van der Waals surface area contributed by atoms with E-state index >= 15 is 0 Å². The second kappa shape index (κ2) is 6.41. The summed E-state index contributed by atoms with van der Waals surface area (Å²) >= 11 is 5.72. The Bertz CT molecular complexity index is 678. The van der Waals surface area contributed by atoms with Crippen molar-refractivity contribution < 1.29 is 18.8 Å². The van der Waals surface area contributed by atoms with Gasteiger partial charge in [-0.3, -0.25) is 10.1 Å². The maximum atomic E-state index is 13.8. The zero-order chi connectivity index (χ0) is 15.4. The Morgan fingerprint density at radius 1 is 1.33 bits per heavy atom. The Morgan fingerprint density at radius 2 is 2.10 bits per heavy atom. The summed E-state index contributed by atoms with van der Waals surface area (Å²) < 4.78 is 24.1. The van der Waals surface area contributed by atoms with Gasteiger partial charge in [-0.15, -0.1) is 11.6 Å². The standard InChI is InChI=1S/C14H11ClFNO4/c1-20-10-5-6-13(12(7-10)17(18)19)21-14-9(8-15)3-2-4-11(14)16/h2-7H,8H2,1H3. The molecule has 2 aromatic rings. The average molecular weight is 312 g/mol. The fraction of sp³-hybridized carbons (Fsp3) is 0.143. The van der Waals surface area contributed by atoms with E-state index in [1.807, 2.05) is 0 Å². The molecule has 0 spiro atoms. The molecule has 0 aromatic heterocycles. The number of alkyl halides is 1. The van der Waals surface area contributed by atoms with Gasteiger partial charge in [-0.2, -0.15) is 0 Å². The van der Waals surface area contributed by atoms with E-state index in [1.54, 1.807) is 6.07 Å². The Labute approximate surface area is 125 Å². The summed E-state index contributed by atoms with van der Waals surface area (Å²) in [5.41, 5.74) is 0.0832. The van der Waals surface area contributed by atoms with Gasteiger partial charge in [-0.05, 0) is 18.2 Å². The third-order valence-corrected chi connectivity index (χ3v) is 3.06. The maximum absolute atomic E-state index is 13.8. The van der Waals surface area contributed by atoms with E-state index in [2.05, 4.69) is 0 Å². The van der Waals surface area contributed by atoms with Gasteiger partial charge in [0.1, 0.15) is 5.75 Å². The van der Waals surface area contributed by atoms with E-state index in [1.165, 1.54) is 37.4 Å². The monoisotopic (exact) mass is 311 g/mol. The Hall–Kier alpha value is -2.34. The fourth-order valence-corrected chi connectivity index (χ4v) is 1.95. The highest BCUT2D eigenvalue weighted by atomic mass is 35.5. The predicted octanol–water partition coefficient (Wildman–Crippen LogP) is 4.27. The van der Waals surface area contributed by atoms with Crippen LogP contribution in [0, 0.1) is 15.9 Å². The highest BCUT2D eigenvalue weighted by molar-refractivity contribution is 6.17. The highest BCUT2D eigenvalue weighted by Crippen LogP contribution is 2.37. The molecule has 0 heterocycles. The number of benzene rings is 2. The minimum atomic E-state index is -0.640. The lowest BCUT2D eigenvalue weighted by atomic mass is 10.2. The molecule has 21 heavy (non-hydrogen) atoms. The maximum Gasteiger partial charge on any atom is 0.315 e. The number of rotatable bonds is 5. The van der Waals surface area contributed by atoms with Crippen molar-refractivity contribution in [3.05, 3.63) is 57.9 Å². The number of hydrogen-bond donors (Lipinski definition) is 0. The molecular formula is C14H11ClFNO4. The Morgan fingerprint density at radius 3 is 2.71 bits per heavy atom. The number of nitro benzene ring substituents is 1. The number of para-hydroxylation sites is 1. The zero-order valence-electron chi connectivity index (χ0n) is 11.0. The predicted molar refractivity (Wildman–Crippen MR) is 75.7 cm³/mol. The molecule has 0 aliphatic rings. The van der Waals surface area contributed by atoms with Gasteiger partial charge in [0.2, 0.25) is 5.75 Å². The molecule has 0 aliphatic heterocycles. The minimum absolute atomic E-state index is 0.0248. The molecule has 7 heteroatoms. The van der Waals surface area contributed by atoms with E-state index < -0.39 is 10.7 Å². The van der Waals surface area contributed by atoms with E-state index in [0.717, 1.165) is 0 Å². The second-order valence-corrected chi connectivity index (χ2v) is 4.32. The smallest absolute Gasteiger partial charge is 0.315 e. The van der Waals surface area contributed by atoms with Crippen molar-refractivity contribution >= 4 is 17.3 Å². The van der Waals surface area contributed by atoms with Crippen molar-refractivity contribution in [3.63, 3.8) is 0 Å². The number of nitro groups is 1. The van der Waals surface area contributed by atoms with Crippen LogP contribution >= 0.6 is 11.6 Å². The number of nitrogens with zero attached hydrogens (tertiary/aromatic N) is 1. The quantitative estimate of drug-likeness (QED) is 0.470. The summed E-state index contributed by atoms with van der Waals surface area (Å²) in [6.45, 7) is 0.